The third-order valence-electron chi connectivity index (χ3n) is 3.13. The van der Waals surface area contributed by atoms with Crippen molar-refractivity contribution in [2.24, 2.45) is 0 Å². The summed E-state index contributed by atoms with van der Waals surface area (Å²) >= 11 is 1.67. The van der Waals surface area contributed by atoms with Crippen molar-refractivity contribution in [3.8, 4) is 0 Å². The minimum atomic E-state index is -0.371. The molecule has 2 rings (SSSR count). The Labute approximate surface area is 105 Å². The zero-order chi connectivity index (χ0) is 12.6. The fourth-order valence-electron chi connectivity index (χ4n) is 2.09. The zero-order valence-corrected chi connectivity index (χ0v) is 11.0. The second-order valence-electron chi connectivity index (χ2n) is 4.40. The molecule has 0 spiro atoms. The Kier molecular flexibility index (Phi) is 3.31. The molecule has 0 aliphatic carbocycles. The first-order valence-corrected chi connectivity index (χ1v) is 6.49. The summed E-state index contributed by atoms with van der Waals surface area (Å²) in [5, 5.41) is 5.27. The molecular formula is C12H16N2O2S. The summed E-state index contributed by atoms with van der Waals surface area (Å²) in [7, 11) is 1.54. The van der Waals surface area contributed by atoms with Crippen LogP contribution < -0.4 is 5.32 Å². The molecule has 0 radical (unpaired) electrons. The fraction of sp³-hybridized carbons (Fsp3) is 0.500. The summed E-state index contributed by atoms with van der Waals surface area (Å²) in [6.45, 7) is 4.08. The lowest BCUT2D eigenvalue weighted by molar-refractivity contribution is -0.137. The molecule has 92 valence electrons. The number of rotatable bonds is 3. The third kappa shape index (κ3) is 2.25. The largest absolute Gasteiger partial charge is 0.298 e. The van der Waals surface area contributed by atoms with E-state index in [1.165, 1.54) is 22.4 Å². The van der Waals surface area contributed by atoms with Gasteiger partial charge in [-0.25, -0.2) is 0 Å². The number of likely N-dealkylation sites (tertiary alicyclic amines) is 1. The molecule has 1 aromatic rings. The van der Waals surface area contributed by atoms with Crippen LogP contribution in [0.4, 0.5) is 0 Å². The van der Waals surface area contributed by atoms with Crippen molar-refractivity contribution >= 4 is 23.2 Å². The average molecular weight is 252 g/mol. The lowest BCUT2D eigenvalue weighted by atomic mass is 10.1. The molecule has 1 aliphatic rings. The normalized spacial score (nSPS) is 22.3. The van der Waals surface area contributed by atoms with Gasteiger partial charge in [-0.15, -0.1) is 11.3 Å². The highest BCUT2D eigenvalue weighted by atomic mass is 32.1. The monoisotopic (exact) mass is 252 g/mol. The van der Waals surface area contributed by atoms with E-state index in [0.717, 1.165) is 0 Å². The third-order valence-corrected chi connectivity index (χ3v) is 4.33. The predicted molar refractivity (Wildman–Crippen MR) is 66.8 cm³/mol. The first-order chi connectivity index (χ1) is 8.00. The predicted octanol–water partition coefficient (Wildman–Crippen LogP) is 1.46. The molecule has 0 aromatic carbocycles. The highest BCUT2D eigenvalue weighted by Crippen LogP contribution is 2.25. The van der Waals surface area contributed by atoms with Crippen molar-refractivity contribution in [1.82, 2.24) is 10.2 Å². The van der Waals surface area contributed by atoms with Gasteiger partial charge >= 0.3 is 0 Å². The van der Waals surface area contributed by atoms with E-state index < -0.39 is 0 Å². The number of thiophene rings is 1. The molecule has 0 saturated carbocycles. The fourth-order valence-corrected chi connectivity index (χ4v) is 3.04. The van der Waals surface area contributed by atoms with Crippen LogP contribution in [0.3, 0.4) is 0 Å². The highest BCUT2D eigenvalue weighted by molar-refractivity contribution is 7.10. The van der Waals surface area contributed by atoms with Gasteiger partial charge in [0.15, 0.2) is 0 Å². The van der Waals surface area contributed by atoms with Gasteiger partial charge in [0.2, 0.25) is 11.8 Å². The van der Waals surface area contributed by atoms with Gasteiger partial charge in [-0.3, -0.25) is 19.8 Å². The van der Waals surface area contributed by atoms with Crippen LogP contribution in [0.5, 0.6) is 0 Å². The van der Waals surface area contributed by atoms with Crippen LogP contribution in [0, 0.1) is 6.92 Å². The average Bonchev–Trinajstić information content (AvgIpc) is 2.80. The molecule has 0 bridgehead atoms. The molecule has 2 heterocycles. The van der Waals surface area contributed by atoms with Crippen molar-refractivity contribution < 1.29 is 9.59 Å². The Morgan fingerprint density at radius 1 is 1.53 bits per heavy atom. The van der Waals surface area contributed by atoms with Crippen LogP contribution in [-0.4, -0.2) is 29.8 Å². The van der Waals surface area contributed by atoms with E-state index in [4.69, 9.17) is 0 Å². The maximum atomic E-state index is 11.8. The molecule has 5 heteroatoms. The first-order valence-electron chi connectivity index (χ1n) is 5.61. The van der Waals surface area contributed by atoms with Gasteiger partial charge in [0.25, 0.3) is 0 Å². The molecule has 1 fully saturated rings. The van der Waals surface area contributed by atoms with Crippen LogP contribution in [-0.2, 0) is 9.59 Å². The summed E-state index contributed by atoms with van der Waals surface area (Å²) in [5.41, 5.74) is 1.22. The van der Waals surface area contributed by atoms with Gasteiger partial charge in [-0.1, -0.05) is 0 Å². The maximum absolute atomic E-state index is 11.8. The second kappa shape index (κ2) is 4.58. The van der Waals surface area contributed by atoms with Gasteiger partial charge in [-0.05, 0) is 30.9 Å². The smallest absolute Gasteiger partial charge is 0.246 e. The van der Waals surface area contributed by atoms with Crippen molar-refractivity contribution in [3.63, 3.8) is 0 Å². The molecule has 1 N–H and O–H groups in total. The summed E-state index contributed by atoms with van der Waals surface area (Å²) in [6.07, 6.45) is 0.268. The summed E-state index contributed by atoms with van der Waals surface area (Å²) < 4.78 is 0. The van der Waals surface area contributed by atoms with Crippen molar-refractivity contribution in [3.05, 3.63) is 21.9 Å². The number of hydrogen-bond donors (Lipinski definition) is 1. The Morgan fingerprint density at radius 3 is 2.71 bits per heavy atom. The van der Waals surface area contributed by atoms with E-state index in [1.807, 2.05) is 12.3 Å². The topological polar surface area (TPSA) is 49.4 Å². The van der Waals surface area contributed by atoms with Crippen LogP contribution >= 0.6 is 11.3 Å². The Balaban J connectivity index is 2.05. The number of nitrogens with zero attached hydrogens (tertiary/aromatic N) is 1. The summed E-state index contributed by atoms with van der Waals surface area (Å²) in [5.74, 6) is -0.237. The Hall–Kier alpha value is -1.20. The second-order valence-corrected chi connectivity index (χ2v) is 5.35. The van der Waals surface area contributed by atoms with Gasteiger partial charge in [0.1, 0.15) is 0 Å². The molecule has 2 amide bonds. The van der Waals surface area contributed by atoms with Crippen molar-refractivity contribution in [1.29, 1.82) is 0 Å². The number of aryl methyl sites for hydroxylation is 1. The van der Waals surface area contributed by atoms with Crippen molar-refractivity contribution in [2.45, 2.75) is 32.4 Å². The van der Waals surface area contributed by atoms with E-state index in [1.54, 1.807) is 11.3 Å². The molecule has 2 atom stereocenters. The number of hydrogen-bond acceptors (Lipinski definition) is 4. The number of amides is 2. The Bertz CT molecular complexity index is 455. The number of carbonyl (C=O) groups excluding carboxylic acids is 2. The van der Waals surface area contributed by atoms with Gasteiger partial charge in [0, 0.05) is 18.0 Å². The van der Waals surface area contributed by atoms with Crippen LogP contribution in [0.1, 0.15) is 29.8 Å². The Morgan fingerprint density at radius 2 is 2.24 bits per heavy atom. The first kappa shape index (κ1) is 12.3. The summed E-state index contributed by atoms with van der Waals surface area (Å²) in [4.78, 5) is 25.6. The van der Waals surface area contributed by atoms with Crippen LogP contribution in [0.25, 0.3) is 0 Å². The highest BCUT2D eigenvalue weighted by Gasteiger charge is 2.36. The van der Waals surface area contributed by atoms with E-state index in [-0.39, 0.29) is 30.3 Å². The molecule has 1 aromatic heterocycles. The molecule has 1 saturated heterocycles. The van der Waals surface area contributed by atoms with E-state index >= 15 is 0 Å². The number of nitrogens with one attached hydrogen (secondary N) is 1. The molecule has 1 aliphatic heterocycles. The minimum absolute atomic E-state index is 0.100. The van der Waals surface area contributed by atoms with Crippen molar-refractivity contribution in [2.75, 3.05) is 7.05 Å². The lowest BCUT2D eigenvalue weighted by Crippen LogP contribution is -2.38. The SMILES string of the molecule is Cc1ccsc1C(C)NC1CC(=O)N(C)C1=O. The number of likely N-dealkylation sites (N-methyl/N-ethyl adjacent to an activating group) is 1. The van der Waals surface area contributed by atoms with E-state index in [0.29, 0.717) is 0 Å². The zero-order valence-electron chi connectivity index (χ0n) is 10.2. The number of carbonyl (C=O) groups is 2. The van der Waals surface area contributed by atoms with Gasteiger partial charge in [-0.2, -0.15) is 0 Å². The van der Waals surface area contributed by atoms with Crippen LogP contribution in [0.2, 0.25) is 0 Å². The van der Waals surface area contributed by atoms with E-state index in [2.05, 4.69) is 18.3 Å². The molecule has 17 heavy (non-hydrogen) atoms. The maximum Gasteiger partial charge on any atom is 0.246 e. The van der Waals surface area contributed by atoms with Crippen LogP contribution in [0.15, 0.2) is 11.4 Å². The minimum Gasteiger partial charge on any atom is -0.298 e. The quantitative estimate of drug-likeness (QED) is 0.829. The van der Waals surface area contributed by atoms with Gasteiger partial charge in [0.05, 0.1) is 12.5 Å². The molecular weight excluding hydrogens is 236 g/mol. The number of imide groups is 1. The van der Waals surface area contributed by atoms with Gasteiger partial charge < -0.3 is 0 Å². The standard InChI is InChI=1S/C12H16N2O2S/c1-7-4-5-17-11(7)8(2)13-9-6-10(15)14(3)12(9)16/h4-5,8-9,13H,6H2,1-3H3. The summed E-state index contributed by atoms with van der Waals surface area (Å²) in [6, 6.07) is 1.79. The molecule has 2 unspecified atom stereocenters. The lowest BCUT2D eigenvalue weighted by Gasteiger charge is -2.17. The molecule has 4 nitrogen and oxygen atoms in total. The van der Waals surface area contributed by atoms with E-state index in [9.17, 15) is 9.59 Å².